The minimum absolute atomic E-state index is 0.465. The summed E-state index contributed by atoms with van der Waals surface area (Å²) in [5.74, 6) is 0.945. The molecule has 1 nitrogen and oxygen atoms in total. The first-order valence-electron chi connectivity index (χ1n) is 15.0. The summed E-state index contributed by atoms with van der Waals surface area (Å²) < 4.78 is 0. The molecule has 0 fully saturated rings. The quantitative estimate of drug-likeness (QED) is 0.149. The van der Waals surface area contributed by atoms with E-state index in [0.717, 1.165) is 5.92 Å². The van der Waals surface area contributed by atoms with Gasteiger partial charge < -0.3 is 5.73 Å². The Morgan fingerprint density at radius 3 is 1.00 bits per heavy atom. The monoisotopic (exact) mass is 440 g/mol. The second kappa shape index (κ2) is 30.0. The van der Waals surface area contributed by atoms with Crippen LogP contribution < -0.4 is 5.73 Å². The molecule has 0 aliphatic rings. The topological polar surface area (TPSA) is 26.0 Å². The van der Waals surface area contributed by atoms with E-state index in [0.29, 0.717) is 6.04 Å². The van der Waals surface area contributed by atoms with Gasteiger partial charge in [0, 0.05) is 6.04 Å². The van der Waals surface area contributed by atoms with Crippen molar-refractivity contribution in [3.8, 4) is 0 Å². The molecule has 1 heteroatoms. The van der Waals surface area contributed by atoms with Crippen LogP contribution >= 0.6 is 0 Å². The second-order valence-corrected chi connectivity index (χ2v) is 10.0. The fraction of sp³-hybridized carbons (Fsp3) is 1.00. The lowest BCUT2D eigenvalue weighted by Gasteiger charge is -2.12. The zero-order chi connectivity index (χ0) is 23.4. The molecule has 2 N–H and O–H groups in total. The molecular formula is C30H65N. The summed E-state index contributed by atoms with van der Waals surface area (Å²) in [6, 6.07) is 0.465. The third kappa shape index (κ3) is 30.0. The smallest absolute Gasteiger partial charge is 0.00388 e. The fourth-order valence-corrected chi connectivity index (χ4v) is 4.53. The average Bonchev–Trinajstić information content (AvgIpc) is 2.78. The first-order valence-corrected chi connectivity index (χ1v) is 15.0. The zero-order valence-electron chi connectivity index (χ0n) is 23.0. The Balaban J connectivity index is 0. The number of unbranched alkanes of at least 4 members (excludes halogenated alkanes) is 16. The molecule has 0 aromatic heterocycles. The van der Waals surface area contributed by atoms with Crippen molar-refractivity contribution in [1.82, 2.24) is 0 Å². The molecule has 0 saturated carbocycles. The molecule has 0 aliphatic heterocycles. The normalized spacial score (nSPS) is 13.0. The molecule has 190 valence electrons. The van der Waals surface area contributed by atoms with Gasteiger partial charge in [0.05, 0.1) is 0 Å². The third-order valence-corrected chi connectivity index (χ3v) is 6.75. The SMILES string of the molecule is CC.CCCCCCCCCC(C)CCCCCCCC(N)CCCCCCCCC. The largest absolute Gasteiger partial charge is 0.328 e. The molecule has 0 aromatic rings. The summed E-state index contributed by atoms with van der Waals surface area (Å²) in [7, 11) is 0. The Hall–Kier alpha value is -0.0400. The highest BCUT2D eigenvalue weighted by molar-refractivity contribution is 4.62. The molecule has 0 aromatic carbocycles. The van der Waals surface area contributed by atoms with Crippen LogP contribution in [0.1, 0.15) is 182 Å². The van der Waals surface area contributed by atoms with E-state index < -0.39 is 0 Å². The summed E-state index contributed by atoms with van der Waals surface area (Å²) in [4.78, 5) is 0. The van der Waals surface area contributed by atoms with Gasteiger partial charge in [0.15, 0.2) is 0 Å². The van der Waals surface area contributed by atoms with Crippen LogP contribution in [0.4, 0.5) is 0 Å². The van der Waals surface area contributed by atoms with Crippen molar-refractivity contribution in [2.45, 2.75) is 188 Å². The van der Waals surface area contributed by atoms with Crippen molar-refractivity contribution >= 4 is 0 Å². The van der Waals surface area contributed by atoms with Crippen LogP contribution in [0.3, 0.4) is 0 Å². The predicted molar refractivity (Wildman–Crippen MR) is 146 cm³/mol. The maximum Gasteiger partial charge on any atom is 0.00388 e. The molecule has 0 aliphatic carbocycles. The summed E-state index contributed by atoms with van der Waals surface area (Å²) in [6.07, 6.45) is 32.4. The van der Waals surface area contributed by atoms with Crippen LogP contribution in [-0.2, 0) is 0 Å². The molecule has 0 radical (unpaired) electrons. The van der Waals surface area contributed by atoms with Gasteiger partial charge in [-0.05, 0) is 18.8 Å². The molecule has 0 heterocycles. The number of hydrogen-bond acceptors (Lipinski definition) is 1. The van der Waals surface area contributed by atoms with Crippen molar-refractivity contribution < 1.29 is 0 Å². The first kappa shape index (κ1) is 33.1. The van der Waals surface area contributed by atoms with Gasteiger partial charge in [-0.1, -0.05) is 169 Å². The molecule has 0 rings (SSSR count). The lowest BCUT2D eigenvalue weighted by molar-refractivity contribution is 0.428. The highest BCUT2D eigenvalue weighted by Gasteiger charge is 2.04. The van der Waals surface area contributed by atoms with E-state index in [1.165, 1.54) is 148 Å². The van der Waals surface area contributed by atoms with Crippen LogP contribution in [0, 0.1) is 5.92 Å². The maximum atomic E-state index is 6.31. The van der Waals surface area contributed by atoms with E-state index in [-0.39, 0.29) is 0 Å². The Labute approximate surface area is 200 Å². The lowest BCUT2D eigenvalue weighted by Crippen LogP contribution is -2.19. The van der Waals surface area contributed by atoms with Gasteiger partial charge in [-0.2, -0.15) is 0 Å². The fourth-order valence-electron chi connectivity index (χ4n) is 4.53. The van der Waals surface area contributed by atoms with E-state index in [9.17, 15) is 0 Å². The summed E-state index contributed by atoms with van der Waals surface area (Å²) in [5.41, 5.74) is 6.31. The van der Waals surface area contributed by atoms with Crippen LogP contribution in [0.25, 0.3) is 0 Å². The minimum atomic E-state index is 0.465. The first-order chi connectivity index (χ1) is 15.2. The van der Waals surface area contributed by atoms with Gasteiger partial charge in [0.2, 0.25) is 0 Å². The molecule has 0 spiro atoms. The van der Waals surface area contributed by atoms with Gasteiger partial charge in [0.25, 0.3) is 0 Å². The minimum Gasteiger partial charge on any atom is -0.328 e. The van der Waals surface area contributed by atoms with Crippen LogP contribution in [0.5, 0.6) is 0 Å². The molecule has 2 atom stereocenters. The Kier molecular flexibility index (Phi) is 32.0. The number of rotatable bonds is 24. The summed E-state index contributed by atoms with van der Waals surface area (Å²) in [6.45, 7) is 11.1. The lowest BCUT2D eigenvalue weighted by atomic mass is 9.95. The predicted octanol–water partition coefficient (Wildman–Crippen LogP) is 11.0. The molecular weight excluding hydrogens is 374 g/mol. The molecule has 31 heavy (non-hydrogen) atoms. The second-order valence-electron chi connectivity index (χ2n) is 10.0. The van der Waals surface area contributed by atoms with E-state index in [1.54, 1.807) is 0 Å². The van der Waals surface area contributed by atoms with Crippen LogP contribution in [0.2, 0.25) is 0 Å². The van der Waals surface area contributed by atoms with Gasteiger partial charge in [0.1, 0.15) is 0 Å². The van der Waals surface area contributed by atoms with Gasteiger partial charge >= 0.3 is 0 Å². The van der Waals surface area contributed by atoms with Gasteiger partial charge in [-0.3, -0.25) is 0 Å². The summed E-state index contributed by atoms with van der Waals surface area (Å²) in [5, 5.41) is 0. The standard InChI is InChI=1S/C28H59N.C2H6/c1-4-6-8-10-12-15-19-23-27(3)24-20-16-14-18-22-26-28(29)25-21-17-13-11-9-7-5-2;1-2/h27-28H,4-26,29H2,1-3H3;1-2H3. The van der Waals surface area contributed by atoms with Crippen molar-refractivity contribution in [3.63, 3.8) is 0 Å². The molecule has 0 bridgehead atoms. The maximum absolute atomic E-state index is 6.31. The van der Waals surface area contributed by atoms with E-state index >= 15 is 0 Å². The van der Waals surface area contributed by atoms with Crippen molar-refractivity contribution in [1.29, 1.82) is 0 Å². The van der Waals surface area contributed by atoms with E-state index in [4.69, 9.17) is 5.73 Å². The number of nitrogens with two attached hydrogens (primary N) is 1. The van der Waals surface area contributed by atoms with Crippen molar-refractivity contribution in [3.05, 3.63) is 0 Å². The Bertz CT molecular complexity index is 260. The Morgan fingerprint density at radius 1 is 0.419 bits per heavy atom. The molecule has 2 unspecified atom stereocenters. The highest BCUT2D eigenvalue weighted by atomic mass is 14.6. The summed E-state index contributed by atoms with van der Waals surface area (Å²) >= 11 is 0. The van der Waals surface area contributed by atoms with E-state index in [1.807, 2.05) is 13.8 Å². The van der Waals surface area contributed by atoms with E-state index in [2.05, 4.69) is 20.8 Å². The van der Waals surface area contributed by atoms with Gasteiger partial charge in [-0.25, -0.2) is 0 Å². The zero-order valence-corrected chi connectivity index (χ0v) is 23.0. The molecule has 0 saturated heterocycles. The van der Waals surface area contributed by atoms with Crippen LogP contribution in [-0.4, -0.2) is 6.04 Å². The highest BCUT2D eigenvalue weighted by Crippen LogP contribution is 2.19. The van der Waals surface area contributed by atoms with Gasteiger partial charge in [-0.15, -0.1) is 0 Å². The van der Waals surface area contributed by atoms with Crippen molar-refractivity contribution in [2.75, 3.05) is 0 Å². The molecule has 0 amide bonds. The average molecular weight is 440 g/mol. The number of hydrogen-bond donors (Lipinski definition) is 1. The van der Waals surface area contributed by atoms with Crippen LogP contribution in [0.15, 0.2) is 0 Å². The van der Waals surface area contributed by atoms with Crippen molar-refractivity contribution in [2.24, 2.45) is 11.7 Å². The Morgan fingerprint density at radius 2 is 0.677 bits per heavy atom. The third-order valence-electron chi connectivity index (χ3n) is 6.75.